The second-order valence-electron chi connectivity index (χ2n) is 10.4. The standard InChI is InChI=1S/C32H39BrN4O6/c1-8-15-43-27-19-21(18-26(36-27)39-4)32(38,12-14-37(2)3)28(23-11-13-34-31(42-7)29(23)40-5)24-17-20-16-22(33)9-10-25(20)35-30(24)41-6/h9-11,13,16-19,28,38H,8,12,14-15H2,1-7H3/t28-,32-/m1/s1. The van der Waals surface area contributed by atoms with E-state index in [0.29, 0.717) is 59.7 Å². The van der Waals surface area contributed by atoms with E-state index in [2.05, 4.69) is 25.9 Å². The molecule has 4 aromatic rings. The van der Waals surface area contributed by atoms with Crippen LogP contribution in [-0.2, 0) is 5.60 Å². The maximum atomic E-state index is 13.2. The molecule has 0 bridgehead atoms. The molecule has 11 heteroatoms. The van der Waals surface area contributed by atoms with Gasteiger partial charge in [-0.3, -0.25) is 0 Å². The van der Waals surface area contributed by atoms with Gasteiger partial charge in [0.25, 0.3) is 5.88 Å². The summed E-state index contributed by atoms with van der Waals surface area (Å²) >= 11 is 3.58. The number of hydrogen-bond acceptors (Lipinski definition) is 10. The third-order valence-corrected chi connectivity index (χ3v) is 7.74. The Kier molecular flexibility index (Phi) is 10.6. The Balaban J connectivity index is 2.12. The quantitative estimate of drug-likeness (QED) is 0.185. The average Bonchev–Trinajstić information content (AvgIpc) is 3.02. The highest BCUT2D eigenvalue weighted by molar-refractivity contribution is 9.10. The number of fused-ring (bicyclic) bond motifs is 1. The topological polar surface area (TPSA) is 108 Å². The zero-order valence-corrected chi connectivity index (χ0v) is 27.3. The molecular formula is C32H39BrN4O6. The predicted octanol–water partition coefficient (Wildman–Crippen LogP) is 5.58. The molecule has 1 aromatic carbocycles. The van der Waals surface area contributed by atoms with E-state index in [1.165, 1.54) is 14.2 Å². The van der Waals surface area contributed by atoms with Gasteiger partial charge in [-0.15, -0.1) is 0 Å². The summed E-state index contributed by atoms with van der Waals surface area (Å²) in [6.45, 7) is 3.03. The summed E-state index contributed by atoms with van der Waals surface area (Å²) in [6.07, 6.45) is 2.74. The molecule has 10 nitrogen and oxygen atoms in total. The lowest BCUT2D eigenvalue weighted by atomic mass is 9.71. The Labute approximate surface area is 261 Å². The van der Waals surface area contributed by atoms with E-state index in [9.17, 15) is 5.11 Å². The van der Waals surface area contributed by atoms with Crippen molar-refractivity contribution in [1.82, 2.24) is 19.9 Å². The van der Waals surface area contributed by atoms with Crippen LogP contribution in [0.25, 0.3) is 10.9 Å². The highest BCUT2D eigenvalue weighted by atomic mass is 79.9. The monoisotopic (exact) mass is 654 g/mol. The van der Waals surface area contributed by atoms with Crippen LogP contribution in [0.5, 0.6) is 29.3 Å². The molecule has 0 saturated heterocycles. The Hall–Kier alpha value is -3.67. The molecule has 2 atom stereocenters. The van der Waals surface area contributed by atoms with Crippen LogP contribution in [0, 0.1) is 0 Å². The maximum Gasteiger partial charge on any atom is 0.257 e. The van der Waals surface area contributed by atoms with Crippen LogP contribution >= 0.6 is 15.9 Å². The fraction of sp³-hybridized carbons (Fsp3) is 0.406. The van der Waals surface area contributed by atoms with Gasteiger partial charge in [0.15, 0.2) is 5.75 Å². The van der Waals surface area contributed by atoms with E-state index < -0.39 is 11.5 Å². The molecule has 230 valence electrons. The van der Waals surface area contributed by atoms with Gasteiger partial charge in [-0.1, -0.05) is 22.9 Å². The van der Waals surface area contributed by atoms with Crippen LogP contribution in [-0.4, -0.2) is 80.6 Å². The van der Waals surface area contributed by atoms with Crippen LogP contribution in [0.3, 0.4) is 0 Å². The highest BCUT2D eigenvalue weighted by Crippen LogP contribution is 2.51. The summed E-state index contributed by atoms with van der Waals surface area (Å²) in [6, 6.07) is 13.2. The van der Waals surface area contributed by atoms with Gasteiger partial charge in [-0.2, -0.15) is 4.98 Å². The zero-order chi connectivity index (χ0) is 31.1. The number of halogens is 1. The molecule has 0 radical (unpaired) electrons. The molecule has 0 aliphatic carbocycles. The average molecular weight is 656 g/mol. The van der Waals surface area contributed by atoms with E-state index in [1.807, 2.05) is 56.3 Å². The second-order valence-corrected chi connectivity index (χ2v) is 11.3. The van der Waals surface area contributed by atoms with Crippen molar-refractivity contribution >= 4 is 26.8 Å². The van der Waals surface area contributed by atoms with Crippen molar-refractivity contribution in [2.45, 2.75) is 31.3 Å². The van der Waals surface area contributed by atoms with Gasteiger partial charge in [0.05, 0.1) is 46.5 Å². The summed E-state index contributed by atoms with van der Waals surface area (Å²) in [5.41, 5.74) is 0.995. The lowest BCUT2D eigenvalue weighted by Crippen LogP contribution is -2.38. The van der Waals surface area contributed by atoms with Gasteiger partial charge in [-0.25, -0.2) is 9.97 Å². The molecule has 0 saturated carbocycles. The molecule has 0 unspecified atom stereocenters. The van der Waals surface area contributed by atoms with Gasteiger partial charge >= 0.3 is 0 Å². The van der Waals surface area contributed by atoms with Gasteiger partial charge < -0.3 is 33.7 Å². The number of aliphatic hydroxyl groups is 1. The number of methoxy groups -OCH3 is 4. The van der Waals surface area contributed by atoms with Crippen molar-refractivity contribution in [3.05, 3.63) is 69.8 Å². The molecule has 43 heavy (non-hydrogen) atoms. The fourth-order valence-electron chi connectivity index (χ4n) is 5.18. The minimum atomic E-state index is -1.58. The minimum Gasteiger partial charge on any atom is -0.491 e. The molecule has 0 aliphatic rings. The summed E-state index contributed by atoms with van der Waals surface area (Å²) in [5, 5.41) is 14.1. The summed E-state index contributed by atoms with van der Waals surface area (Å²) in [7, 11) is 10.1. The molecule has 0 spiro atoms. The van der Waals surface area contributed by atoms with E-state index in [4.69, 9.17) is 28.7 Å². The van der Waals surface area contributed by atoms with Crippen molar-refractivity contribution in [3.8, 4) is 29.3 Å². The fourth-order valence-corrected chi connectivity index (χ4v) is 5.56. The van der Waals surface area contributed by atoms with Crippen LogP contribution in [0.2, 0.25) is 0 Å². The van der Waals surface area contributed by atoms with Crippen LogP contribution < -0.4 is 23.7 Å². The molecule has 0 amide bonds. The number of hydrogen-bond donors (Lipinski definition) is 1. The summed E-state index contributed by atoms with van der Waals surface area (Å²) < 4.78 is 29.8. The first-order valence-electron chi connectivity index (χ1n) is 14.0. The lowest BCUT2D eigenvalue weighted by molar-refractivity contribution is 0.00258. The van der Waals surface area contributed by atoms with Gasteiger partial charge in [0.2, 0.25) is 17.6 Å². The van der Waals surface area contributed by atoms with E-state index in [1.54, 1.807) is 32.5 Å². The summed E-state index contributed by atoms with van der Waals surface area (Å²) in [5.74, 6) is 0.927. The van der Waals surface area contributed by atoms with Gasteiger partial charge in [0.1, 0.15) is 5.60 Å². The Bertz CT molecular complexity index is 1550. The van der Waals surface area contributed by atoms with E-state index >= 15 is 0 Å². The Morgan fingerprint density at radius 1 is 0.884 bits per heavy atom. The van der Waals surface area contributed by atoms with Gasteiger partial charge in [0, 0.05) is 45.9 Å². The van der Waals surface area contributed by atoms with Crippen molar-refractivity contribution < 1.29 is 28.8 Å². The smallest absolute Gasteiger partial charge is 0.257 e. The van der Waals surface area contributed by atoms with Gasteiger partial charge in [-0.05, 0) is 62.8 Å². The normalized spacial score (nSPS) is 13.4. The number of pyridine rings is 3. The summed E-state index contributed by atoms with van der Waals surface area (Å²) in [4.78, 5) is 15.7. The number of aromatic nitrogens is 3. The highest BCUT2D eigenvalue weighted by Gasteiger charge is 2.45. The van der Waals surface area contributed by atoms with Crippen molar-refractivity contribution in [1.29, 1.82) is 0 Å². The molecule has 0 aliphatic heterocycles. The third-order valence-electron chi connectivity index (χ3n) is 7.24. The van der Waals surface area contributed by atoms with Crippen molar-refractivity contribution in [2.75, 3.05) is 55.7 Å². The van der Waals surface area contributed by atoms with Crippen LogP contribution in [0.1, 0.15) is 42.4 Å². The zero-order valence-electron chi connectivity index (χ0n) is 25.7. The molecule has 3 aromatic heterocycles. The Morgan fingerprint density at radius 3 is 2.28 bits per heavy atom. The van der Waals surface area contributed by atoms with Crippen molar-refractivity contribution in [2.24, 2.45) is 0 Å². The first-order valence-corrected chi connectivity index (χ1v) is 14.8. The first-order chi connectivity index (χ1) is 20.7. The molecule has 3 heterocycles. The Morgan fingerprint density at radius 2 is 1.63 bits per heavy atom. The number of nitrogens with zero attached hydrogens (tertiary/aromatic N) is 4. The molecule has 0 fully saturated rings. The third kappa shape index (κ3) is 6.95. The number of benzene rings is 1. The SMILES string of the molecule is CCCOc1cc([C@](O)(CCN(C)C)[C@@H](c2cc3cc(Br)ccc3nc2OC)c2ccnc(OC)c2OC)cc(OC)n1. The van der Waals surface area contributed by atoms with Crippen LogP contribution in [0.15, 0.2) is 53.1 Å². The number of rotatable bonds is 14. The number of ether oxygens (including phenoxy) is 5. The molecular weight excluding hydrogens is 616 g/mol. The maximum absolute atomic E-state index is 13.2. The van der Waals surface area contributed by atoms with E-state index in [0.717, 1.165) is 21.8 Å². The first kappa shape index (κ1) is 32.2. The largest absolute Gasteiger partial charge is 0.491 e. The van der Waals surface area contributed by atoms with Crippen molar-refractivity contribution in [3.63, 3.8) is 0 Å². The van der Waals surface area contributed by atoms with E-state index in [-0.39, 0.29) is 5.88 Å². The molecule has 1 N–H and O–H groups in total. The predicted molar refractivity (Wildman–Crippen MR) is 169 cm³/mol. The molecule has 4 rings (SSSR count). The lowest BCUT2D eigenvalue weighted by Gasteiger charge is -2.39. The second kappa shape index (κ2) is 14.2. The minimum absolute atomic E-state index is 0.287. The van der Waals surface area contributed by atoms with Crippen LogP contribution in [0.4, 0.5) is 0 Å².